The van der Waals surface area contributed by atoms with Gasteiger partial charge in [0.1, 0.15) is 6.10 Å². The number of hydrogen-bond donors (Lipinski definition) is 0. The molecule has 0 spiro atoms. The van der Waals surface area contributed by atoms with Gasteiger partial charge >= 0.3 is 5.97 Å². The molecule has 0 unspecified atom stereocenters. The van der Waals surface area contributed by atoms with Crippen molar-refractivity contribution in [2.75, 3.05) is 6.61 Å². The first-order chi connectivity index (χ1) is 7.61. The second-order valence-electron chi connectivity index (χ2n) is 4.53. The summed E-state index contributed by atoms with van der Waals surface area (Å²) in [5.74, 6) is 0.453. The second kappa shape index (κ2) is 6.51. The Morgan fingerprint density at radius 2 is 2.38 bits per heavy atom. The van der Waals surface area contributed by atoms with Crippen LogP contribution >= 0.6 is 0 Å². The number of oxime groups is 1. The first kappa shape index (κ1) is 13.0. The van der Waals surface area contributed by atoms with E-state index in [1.54, 1.807) is 0 Å². The summed E-state index contributed by atoms with van der Waals surface area (Å²) in [4.78, 5) is 16.4. The zero-order valence-corrected chi connectivity index (χ0v) is 10.4. The normalized spacial score (nSPS) is 19.5. The molecule has 1 aliphatic rings. The van der Waals surface area contributed by atoms with Crippen LogP contribution in [0.1, 0.15) is 46.5 Å². The Morgan fingerprint density at radius 1 is 1.62 bits per heavy atom. The van der Waals surface area contributed by atoms with E-state index in [2.05, 4.69) is 19.0 Å². The molecule has 0 saturated heterocycles. The lowest BCUT2D eigenvalue weighted by atomic mass is 10.0. The fourth-order valence-electron chi connectivity index (χ4n) is 1.75. The summed E-state index contributed by atoms with van der Waals surface area (Å²) in [6, 6.07) is 0. The van der Waals surface area contributed by atoms with E-state index in [0.29, 0.717) is 25.4 Å². The van der Waals surface area contributed by atoms with Crippen molar-refractivity contribution in [3.63, 3.8) is 0 Å². The first-order valence-corrected chi connectivity index (χ1v) is 5.99. The molecule has 1 heterocycles. The van der Waals surface area contributed by atoms with Gasteiger partial charge in [-0.3, -0.25) is 4.79 Å². The van der Waals surface area contributed by atoms with Crippen molar-refractivity contribution in [2.24, 2.45) is 11.1 Å². The zero-order chi connectivity index (χ0) is 12.0. The minimum atomic E-state index is -0.150. The summed E-state index contributed by atoms with van der Waals surface area (Å²) in [6.45, 7) is 6.58. The molecule has 1 atom stereocenters. The lowest BCUT2D eigenvalue weighted by molar-refractivity contribution is -0.143. The topological polar surface area (TPSA) is 47.9 Å². The molecule has 0 fully saturated rings. The highest BCUT2D eigenvalue weighted by Gasteiger charge is 2.22. The Balaban J connectivity index is 2.16. The summed E-state index contributed by atoms with van der Waals surface area (Å²) < 4.78 is 4.86. The van der Waals surface area contributed by atoms with Crippen LogP contribution in [-0.4, -0.2) is 24.4 Å². The summed E-state index contributed by atoms with van der Waals surface area (Å²) >= 11 is 0. The van der Waals surface area contributed by atoms with Crippen molar-refractivity contribution >= 4 is 11.7 Å². The summed E-state index contributed by atoms with van der Waals surface area (Å²) in [7, 11) is 0. The number of carbonyl (C=O) groups is 1. The van der Waals surface area contributed by atoms with E-state index in [0.717, 1.165) is 18.6 Å². The van der Waals surface area contributed by atoms with Crippen molar-refractivity contribution in [1.29, 1.82) is 0 Å². The molecule has 0 bridgehead atoms. The fourth-order valence-corrected chi connectivity index (χ4v) is 1.75. The smallest absolute Gasteiger partial charge is 0.305 e. The van der Waals surface area contributed by atoms with Crippen molar-refractivity contribution < 1.29 is 14.4 Å². The average molecular weight is 227 g/mol. The summed E-state index contributed by atoms with van der Waals surface area (Å²) in [5.41, 5.74) is 1.11. The molecular weight excluding hydrogens is 206 g/mol. The third-order valence-corrected chi connectivity index (χ3v) is 2.41. The molecular formula is C12H21NO3. The lowest BCUT2D eigenvalue weighted by Crippen LogP contribution is -2.13. The van der Waals surface area contributed by atoms with Crippen molar-refractivity contribution in [3.05, 3.63) is 0 Å². The maximum Gasteiger partial charge on any atom is 0.305 e. The quantitative estimate of drug-likeness (QED) is 0.655. The standard InChI is InChI=1S/C12H21NO3/c1-4-15-12(14)6-5-11-8-10(13-16-11)7-9(2)3/h9,11H,4-8H2,1-3H3/t11-/m1/s1. The zero-order valence-electron chi connectivity index (χ0n) is 10.4. The monoisotopic (exact) mass is 227 g/mol. The predicted octanol–water partition coefficient (Wildman–Crippen LogP) is 2.52. The highest BCUT2D eigenvalue weighted by Crippen LogP contribution is 2.19. The molecule has 0 radical (unpaired) electrons. The van der Waals surface area contributed by atoms with Crippen LogP contribution in [0.4, 0.5) is 0 Å². The minimum Gasteiger partial charge on any atom is -0.466 e. The van der Waals surface area contributed by atoms with Gasteiger partial charge in [0.25, 0.3) is 0 Å². The Kier molecular flexibility index (Phi) is 5.29. The molecule has 1 rings (SSSR count). The molecule has 0 aromatic carbocycles. The molecule has 0 aliphatic carbocycles. The van der Waals surface area contributed by atoms with Crippen LogP contribution in [0.15, 0.2) is 5.16 Å². The molecule has 0 aromatic heterocycles. The predicted molar refractivity (Wildman–Crippen MR) is 62.2 cm³/mol. The van der Waals surface area contributed by atoms with E-state index in [4.69, 9.17) is 9.57 Å². The third kappa shape index (κ3) is 4.64. The number of hydrogen-bond acceptors (Lipinski definition) is 4. The average Bonchev–Trinajstić information content (AvgIpc) is 2.62. The number of nitrogens with zero attached hydrogens (tertiary/aromatic N) is 1. The van der Waals surface area contributed by atoms with E-state index >= 15 is 0 Å². The third-order valence-electron chi connectivity index (χ3n) is 2.41. The number of esters is 1. The van der Waals surface area contributed by atoms with E-state index in [1.165, 1.54) is 0 Å². The Hall–Kier alpha value is -1.06. The van der Waals surface area contributed by atoms with Crippen LogP contribution in [0.25, 0.3) is 0 Å². The van der Waals surface area contributed by atoms with Gasteiger partial charge in [-0.1, -0.05) is 19.0 Å². The van der Waals surface area contributed by atoms with Gasteiger partial charge in [-0.05, 0) is 25.7 Å². The summed E-state index contributed by atoms with van der Waals surface area (Å²) in [5, 5.41) is 4.05. The maximum absolute atomic E-state index is 11.1. The van der Waals surface area contributed by atoms with Gasteiger partial charge in [-0.2, -0.15) is 0 Å². The number of carbonyl (C=O) groups excluding carboxylic acids is 1. The van der Waals surface area contributed by atoms with Crippen LogP contribution in [0.2, 0.25) is 0 Å². The molecule has 16 heavy (non-hydrogen) atoms. The van der Waals surface area contributed by atoms with Crippen LogP contribution in [0.5, 0.6) is 0 Å². The molecule has 4 nitrogen and oxygen atoms in total. The molecule has 4 heteroatoms. The Morgan fingerprint density at radius 3 is 3.00 bits per heavy atom. The maximum atomic E-state index is 11.1. The van der Waals surface area contributed by atoms with Gasteiger partial charge in [0.2, 0.25) is 0 Å². The molecule has 0 N–H and O–H groups in total. The lowest BCUT2D eigenvalue weighted by Gasteiger charge is -2.07. The SMILES string of the molecule is CCOC(=O)CC[C@@H]1CC(CC(C)C)=NO1. The van der Waals surface area contributed by atoms with Crippen LogP contribution < -0.4 is 0 Å². The minimum absolute atomic E-state index is 0.0677. The second-order valence-corrected chi connectivity index (χ2v) is 4.53. The van der Waals surface area contributed by atoms with Crippen molar-refractivity contribution in [1.82, 2.24) is 0 Å². The van der Waals surface area contributed by atoms with Gasteiger partial charge in [0.05, 0.1) is 12.3 Å². The first-order valence-electron chi connectivity index (χ1n) is 5.99. The number of ether oxygens (including phenoxy) is 1. The van der Waals surface area contributed by atoms with Crippen LogP contribution in [-0.2, 0) is 14.4 Å². The highest BCUT2D eigenvalue weighted by atomic mass is 16.6. The molecule has 0 amide bonds. The largest absolute Gasteiger partial charge is 0.466 e. The van der Waals surface area contributed by atoms with Crippen LogP contribution in [0.3, 0.4) is 0 Å². The van der Waals surface area contributed by atoms with E-state index in [1.807, 2.05) is 6.92 Å². The van der Waals surface area contributed by atoms with E-state index in [9.17, 15) is 4.79 Å². The molecule has 0 aromatic rings. The van der Waals surface area contributed by atoms with Gasteiger partial charge in [-0.25, -0.2) is 0 Å². The van der Waals surface area contributed by atoms with E-state index in [-0.39, 0.29) is 12.1 Å². The summed E-state index contributed by atoms with van der Waals surface area (Å²) in [6.07, 6.45) is 3.03. The van der Waals surface area contributed by atoms with Crippen LogP contribution in [0, 0.1) is 5.92 Å². The Bertz CT molecular complexity index is 261. The highest BCUT2D eigenvalue weighted by molar-refractivity contribution is 5.85. The van der Waals surface area contributed by atoms with Crippen molar-refractivity contribution in [2.45, 2.75) is 52.6 Å². The number of rotatable bonds is 6. The van der Waals surface area contributed by atoms with Gasteiger partial charge in [-0.15, -0.1) is 0 Å². The fraction of sp³-hybridized carbons (Fsp3) is 0.833. The van der Waals surface area contributed by atoms with Gasteiger partial charge in [0.15, 0.2) is 0 Å². The van der Waals surface area contributed by atoms with Gasteiger partial charge in [0, 0.05) is 12.8 Å². The van der Waals surface area contributed by atoms with E-state index < -0.39 is 0 Å². The molecule has 0 saturated carbocycles. The van der Waals surface area contributed by atoms with Gasteiger partial charge < -0.3 is 9.57 Å². The Labute approximate surface area is 97.0 Å². The molecule has 1 aliphatic heterocycles. The molecule has 92 valence electrons. The van der Waals surface area contributed by atoms with Crippen molar-refractivity contribution in [3.8, 4) is 0 Å².